The third kappa shape index (κ3) is 4.26. The van der Waals surface area contributed by atoms with Gasteiger partial charge in [-0.05, 0) is 106 Å². The highest BCUT2D eigenvalue weighted by atomic mass is 32.1. The molecular formula is C52H38N2S2. The lowest BCUT2D eigenvalue weighted by atomic mass is 9.73. The molecule has 2 aromatic heterocycles. The molecule has 0 fully saturated rings. The molecule has 2 nitrogen and oxygen atoms in total. The van der Waals surface area contributed by atoms with Crippen LogP contribution in [0.5, 0.6) is 0 Å². The summed E-state index contributed by atoms with van der Waals surface area (Å²) in [5.74, 6) is 0. The number of rotatable bonds is 2. The summed E-state index contributed by atoms with van der Waals surface area (Å²) in [6.45, 7) is 9.55. The van der Waals surface area contributed by atoms with Crippen molar-refractivity contribution in [3.05, 3.63) is 180 Å². The van der Waals surface area contributed by atoms with Crippen molar-refractivity contribution in [3.63, 3.8) is 0 Å². The number of hydrogen-bond donors (Lipinski definition) is 0. The largest absolute Gasteiger partial charge is 0.309 e. The van der Waals surface area contributed by atoms with Gasteiger partial charge in [-0.2, -0.15) is 0 Å². The Morgan fingerprint density at radius 1 is 0.375 bits per heavy atom. The van der Waals surface area contributed by atoms with E-state index in [4.69, 9.17) is 0 Å². The normalized spacial score (nSPS) is 15.4. The molecule has 8 aromatic carbocycles. The number of fused-ring (bicyclic) bond motifs is 13. The number of hydrogen-bond acceptors (Lipinski definition) is 4. The van der Waals surface area contributed by atoms with Crippen LogP contribution in [0, 0.1) is 0 Å². The SMILES string of the molecule is CC1(C)c2ccccc2N(c2ccccc2)c2c1ccc1sc3cc4cc5c(cc4cc3c21)sc1ccc2c(c15)N(c1ccccc1)c1ccccc1C2(C)C. The Morgan fingerprint density at radius 2 is 0.768 bits per heavy atom. The van der Waals surface area contributed by atoms with E-state index in [0.29, 0.717) is 0 Å². The average Bonchev–Trinajstić information content (AvgIpc) is 3.77. The molecule has 0 N–H and O–H groups in total. The van der Waals surface area contributed by atoms with Crippen LogP contribution in [-0.4, -0.2) is 0 Å². The zero-order valence-corrected chi connectivity index (χ0v) is 33.4. The highest BCUT2D eigenvalue weighted by molar-refractivity contribution is 7.26. The van der Waals surface area contributed by atoms with Crippen molar-refractivity contribution in [1.29, 1.82) is 0 Å². The molecule has 0 spiro atoms. The second kappa shape index (κ2) is 11.3. The van der Waals surface area contributed by atoms with Crippen molar-refractivity contribution < 1.29 is 0 Å². The molecule has 0 aliphatic carbocycles. The summed E-state index contributed by atoms with van der Waals surface area (Å²) >= 11 is 3.84. The molecule has 0 radical (unpaired) electrons. The Morgan fingerprint density at radius 3 is 1.20 bits per heavy atom. The maximum Gasteiger partial charge on any atom is 0.0595 e. The summed E-state index contributed by atoms with van der Waals surface area (Å²) in [5.41, 5.74) is 12.6. The van der Waals surface area contributed by atoms with Gasteiger partial charge in [-0.15, -0.1) is 22.7 Å². The van der Waals surface area contributed by atoms with Crippen LogP contribution in [0.2, 0.25) is 0 Å². The minimum Gasteiger partial charge on any atom is -0.309 e. The van der Waals surface area contributed by atoms with Crippen LogP contribution in [0.1, 0.15) is 49.9 Å². The summed E-state index contributed by atoms with van der Waals surface area (Å²) in [4.78, 5) is 5.04. The molecule has 0 amide bonds. The lowest BCUT2D eigenvalue weighted by molar-refractivity contribution is 0.633. The van der Waals surface area contributed by atoms with E-state index < -0.39 is 0 Å². The minimum atomic E-state index is -0.151. The number of nitrogens with zero attached hydrogens (tertiary/aromatic N) is 2. The van der Waals surface area contributed by atoms with E-state index in [9.17, 15) is 0 Å². The molecule has 4 heteroatoms. The van der Waals surface area contributed by atoms with Crippen LogP contribution in [0.4, 0.5) is 34.1 Å². The zero-order valence-electron chi connectivity index (χ0n) is 31.7. The predicted octanol–water partition coefficient (Wildman–Crippen LogP) is 15.8. The summed E-state index contributed by atoms with van der Waals surface area (Å²) in [7, 11) is 0. The lowest BCUT2D eigenvalue weighted by Crippen LogP contribution is -2.30. The fourth-order valence-corrected chi connectivity index (χ4v) is 12.3. The zero-order chi connectivity index (χ0) is 37.5. The van der Waals surface area contributed by atoms with Gasteiger partial charge in [0.25, 0.3) is 0 Å². The number of benzene rings is 8. The molecule has 12 rings (SSSR count). The smallest absolute Gasteiger partial charge is 0.0595 e. The van der Waals surface area contributed by atoms with Crippen molar-refractivity contribution in [2.45, 2.75) is 38.5 Å². The third-order valence-electron chi connectivity index (χ3n) is 12.8. The fourth-order valence-electron chi connectivity index (χ4n) is 10.0. The Bertz CT molecular complexity index is 3040. The van der Waals surface area contributed by atoms with E-state index in [0.717, 1.165) is 0 Å². The van der Waals surface area contributed by atoms with Gasteiger partial charge in [0, 0.05) is 62.5 Å². The van der Waals surface area contributed by atoms with E-state index in [1.54, 1.807) is 0 Å². The first-order valence-electron chi connectivity index (χ1n) is 19.5. The monoisotopic (exact) mass is 754 g/mol. The first-order chi connectivity index (χ1) is 27.3. The first-order valence-corrected chi connectivity index (χ1v) is 21.1. The van der Waals surface area contributed by atoms with Gasteiger partial charge in [0.05, 0.1) is 22.7 Å². The average molecular weight is 755 g/mol. The van der Waals surface area contributed by atoms with Gasteiger partial charge >= 0.3 is 0 Å². The molecular weight excluding hydrogens is 717 g/mol. The molecule has 56 heavy (non-hydrogen) atoms. The lowest BCUT2D eigenvalue weighted by Gasteiger charge is -2.42. The van der Waals surface area contributed by atoms with Gasteiger partial charge in [0.1, 0.15) is 0 Å². The second-order valence-corrected chi connectivity index (χ2v) is 18.7. The van der Waals surface area contributed by atoms with E-state index in [2.05, 4.69) is 195 Å². The van der Waals surface area contributed by atoms with Crippen LogP contribution in [0.25, 0.3) is 51.1 Å². The molecule has 4 heterocycles. The fraction of sp³-hybridized carbons (Fsp3) is 0.115. The van der Waals surface area contributed by atoms with Crippen LogP contribution < -0.4 is 9.80 Å². The van der Waals surface area contributed by atoms with Crippen LogP contribution in [-0.2, 0) is 10.8 Å². The number of para-hydroxylation sites is 4. The molecule has 10 aromatic rings. The molecule has 2 aliphatic heterocycles. The molecule has 268 valence electrons. The second-order valence-electron chi connectivity index (χ2n) is 16.5. The Kier molecular flexibility index (Phi) is 6.53. The van der Waals surface area contributed by atoms with E-state index in [-0.39, 0.29) is 10.8 Å². The molecule has 2 aliphatic rings. The Hall–Kier alpha value is -5.94. The van der Waals surface area contributed by atoms with Gasteiger partial charge in [-0.25, -0.2) is 0 Å². The molecule has 0 saturated carbocycles. The highest BCUT2D eigenvalue weighted by Crippen LogP contribution is 2.58. The quantitative estimate of drug-likeness (QED) is 0.173. The summed E-state index contributed by atoms with van der Waals surface area (Å²) in [5, 5.41) is 7.93. The van der Waals surface area contributed by atoms with Gasteiger partial charge < -0.3 is 9.80 Å². The van der Waals surface area contributed by atoms with Crippen LogP contribution in [0.3, 0.4) is 0 Å². The Balaban J connectivity index is 1.13. The standard InChI is InChI=1S/C52H38N2S2/c1-51(2)37-19-11-13-21-41(37)53(33-15-7-5-8-16-33)49-39(51)23-25-43-47(49)35-27-31-30-46-36(28-32(31)29-45(35)55-43)48-44(56-46)26-24-40-50(48)54(34-17-9-6-10-18-34)42-22-14-12-20-38(42)52(40,3)4/h5-30H,1-4H3. The molecule has 0 saturated heterocycles. The van der Waals surface area contributed by atoms with Crippen LogP contribution >= 0.6 is 22.7 Å². The predicted molar refractivity (Wildman–Crippen MR) is 243 cm³/mol. The Labute approximate surface area is 334 Å². The van der Waals surface area contributed by atoms with Crippen molar-refractivity contribution in [2.75, 3.05) is 9.80 Å². The maximum absolute atomic E-state index is 2.52. The molecule has 0 unspecified atom stereocenters. The van der Waals surface area contributed by atoms with E-state index >= 15 is 0 Å². The molecule has 0 bridgehead atoms. The number of anilines is 6. The van der Waals surface area contributed by atoms with E-state index in [1.807, 2.05) is 22.7 Å². The van der Waals surface area contributed by atoms with Gasteiger partial charge in [0.2, 0.25) is 0 Å². The minimum absolute atomic E-state index is 0.151. The molecule has 0 atom stereocenters. The van der Waals surface area contributed by atoms with Gasteiger partial charge in [-0.1, -0.05) is 113 Å². The van der Waals surface area contributed by atoms with Crippen LogP contribution in [0.15, 0.2) is 158 Å². The summed E-state index contributed by atoms with van der Waals surface area (Å²) in [6.07, 6.45) is 0. The number of thiophene rings is 2. The first kappa shape index (κ1) is 32.3. The van der Waals surface area contributed by atoms with Crippen molar-refractivity contribution in [2.24, 2.45) is 0 Å². The van der Waals surface area contributed by atoms with Gasteiger partial charge in [-0.3, -0.25) is 0 Å². The summed E-state index contributed by atoms with van der Waals surface area (Å²) in [6, 6.07) is 59.2. The van der Waals surface area contributed by atoms with Crippen molar-refractivity contribution in [3.8, 4) is 0 Å². The third-order valence-corrected chi connectivity index (χ3v) is 15.0. The maximum atomic E-state index is 2.52. The van der Waals surface area contributed by atoms with Gasteiger partial charge in [0.15, 0.2) is 0 Å². The van der Waals surface area contributed by atoms with E-state index in [1.165, 1.54) is 107 Å². The summed E-state index contributed by atoms with van der Waals surface area (Å²) < 4.78 is 5.30. The van der Waals surface area contributed by atoms with Crippen molar-refractivity contribution >= 4 is 108 Å². The highest BCUT2D eigenvalue weighted by Gasteiger charge is 2.40. The van der Waals surface area contributed by atoms with Crippen molar-refractivity contribution in [1.82, 2.24) is 0 Å². The topological polar surface area (TPSA) is 6.48 Å².